The largest absolute Gasteiger partial charge is 0.480 e. The number of carbonyl (C=O) groups is 2. The number of aromatic nitrogens is 3. The highest BCUT2D eigenvalue weighted by Crippen LogP contribution is 2.25. The molecule has 11 heteroatoms. The summed E-state index contributed by atoms with van der Waals surface area (Å²) in [5.74, 6) is -0.0482. The zero-order valence-electron chi connectivity index (χ0n) is 21.2. The van der Waals surface area contributed by atoms with Crippen molar-refractivity contribution in [2.24, 2.45) is 0 Å². The van der Waals surface area contributed by atoms with Crippen molar-refractivity contribution in [2.75, 3.05) is 10.6 Å². The van der Waals surface area contributed by atoms with Crippen molar-refractivity contribution >= 4 is 23.7 Å². The molecule has 3 aromatic rings. The lowest BCUT2D eigenvalue weighted by Crippen LogP contribution is -2.46. The van der Waals surface area contributed by atoms with Crippen LogP contribution in [0.5, 0.6) is 0 Å². The van der Waals surface area contributed by atoms with Crippen molar-refractivity contribution in [3.8, 4) is 0 Å². The molecule has 38 heavy (non-hydrogen) atoms. The SMILES string of the molecule is Cc1cn(C[C@H](NC(=O)OCc2ccccc2)C(=O)O)c(=O)nc1NC1CCCCC1Nc1ccccn1. The van der Waals surface area contributed by atoms with Gasteiger partial charge in [-0.15, -0.1) is 0 Å². The molecule has 1 aliphatic carbocycles. The van der Waals surface area contributed by atoms with Crippen LogP contribution in [0.25, 0.3) is 0 Å². The molecule has 2 heterocycles. The number of anilines is 2. The highest BCUT2D eigenvalue weighted by atomic mass is 16.5. The maximum Gasteiger partial charge on any atom is 0.408 e. The summed E-state index contributed by atoms with van der Waals surface area (Å²) < 4.78 is 6.30. The minimum atomic E-state index is -1.37. The first kappa shape index (κ1) is 26.6. The van der Waals surface area contributed by atoms with Crippen molar-refractivity contribution < 1.29 is 19.4 Å². The fourth-order valence-electron chi connectivity index (χ4n) is 4.45. The number of rotatable bonds is 10. The fourth-order valence-corrected chi connectivity index (χ4v) is 4.45. The second-order valence-corrected chi connectivity index (χ2v) is 9.31. The highest BCUT2D eigenvalue weighted by Gasteiger charge is 2.27. The summed E-state index contributed by atoms with van der Waals surface area (Å²) in [6.07, 6.45) is 6.41. The first-order valence-corrected chi connectivity index (χ1v) is 12.6. The first-order valence-electron chi connectivity index (χ1n) is 12.6. The van der Waals surface area contributed by atoms with Crippen LogP contribution < -0.4 is 21.6 Å². The van der Waals surface area contributed by atoms with Gasteiger partial charge in [0.25, 0.3) is 0 Å². The quantitative estimate of drug-likeness (QED) is 0.316. The van der Waals surface area contributed by atoms with E-state index in [4.69, 9.17) is 4.74 Å². The van der Waals surface area contributed by atoms with Gasteiger partial charge >= 0.3 is 17.8 Å². The summed E-state index contributed by atoms with van der Waals surface area (Å²) in [6.45, 7) is 1.50. The number of alkyl carbamates (subject to hydrolysis) is 1. The lowest BCUT2D eigenvalue weighted by Gasteiger charge is -2.33. The second kappa shape index (κ2) is 12.7. The van der Waals surface area contributed by atoms with Gasteiger partial charge in [-0.1, -0.05) is 49.2 Å². The van der Waals surface area contributed by atoms with Gasteiger partial charge < -0.3 is 25.8 Å². The van der Waals surface area contributed by atoms with Crippen LogP contribution in [-0.2, 0) is 22.7 Å². The zero-order chi connectivity index (χ0) is 26.9. The van der Waals surface area contributed by atoms with E-state index < -0.39 is 23.8 Å². The average molecular weight is 521 g/mol. The molecule has 200 valence electrons. The van der Waals surface area contributed by atoms with Crippen molar-refractivity contribution in [3.05, 3.63) is 82.5 Å². The van der Waals surface area contributed by atoms with E-state index in [1.807, 2.05) is 36.4 Å². The van der Waals surface area contributed by atoms with Crippen LogP contribution in [0.2, 0.25) is 0 Å². The number of hydrogen-bond acceptors (Lipinski definition) is 8. The van der Waals surface area contributed by atoms with E-state index >= 15 is 0 Å². The van der Waals surface area contributed by atoms with E-state index in [-0.39, 0.29) is 25.2 Å². The van der Waals surface area contributed by atoms with Crippen LogP contribution in [0, 0.1) is 6.92 Å². The number of aryl methyl sites for hydroxylation is 1. The molecular formula is C27H32N6O5. The summed E-state index contributed by atoms with van der Waals surface area (Å²) in [7, 11) is 0. The van der Waals surface area contributed by atoms with Crippen LogP contribution in [0.4, 0.5) is 16.4 Å². The van der Waals surface area contributed by atoms with Gasteiger partial charge in [-0.05, 0) is 37.5 Å². The predicted molar refractivity (Wildman–Crippen MR) is 142 cm³/mol. The maximum absolute atomic E-state index is 12.8. The number of ether oxygens (including phenoxy) is 1. The summed E-state index contributed by atoms with van der Waals surface area (Å²) in [6, 6.07) is 13.5. The van der Waals surface area contributed by atoms with Crippen molar-refractivity contribution in [1.29, 1.82) is 0 Å². The minimum Gasteiger partial charge on any atom is -0.480 e. The Bertz CT molecular complexity index is 1280. The van der Waals surface area contributed by atoms with E-state index in [1.165, 1.54) is 4.57 Å². The fraction of sp³-hybridized carbons (Fsp3) is 0.370. The van der Waals surface area contributed by atoms with E-state index in [0.717, 1.165) is 37.1 Å². The predicted octanol–water partition coefficient (Wildman–Crippen LogP) is 3.16. The normalized spacial score (nSPS) is 17.7. The summed E-state index contributed by atoms with van der Waals surface area (Å²) in [5.41, 5.74) is 0.834. The smallest absolute Gasteiger partial charge is 0.408 e. The molecule has 0 spiro atoms. The Labute approximate surface area is 220 Å². The van der Waals surface area contributed by atoms with E-state index in [0.29, 0.717) is 11.4 Å². The van der Waals surface area contributed by atoms with Crippen LogP contribution in [0.1, 0.15) is 36.8 Å². The number of carboxylic acids is 1. The third-order valence-corrected chi connectivity index (χ3v) is 6.44. The van der Waals surface area contributed by atoms with Gasteiger partial charge in [-0.2, -0.15) is 4.98 Å². The number of hydrogen-bond donors (Lipinski definition) is 4. The van der Waals surface area contributed by atoms with Crippen LogP contribution in [-0.4, -0.2) is 49.8 Å². The van der Waals surface area contributed by atoms with Gasteiger partial charge in [0.15, 0.2) is 0 Å². The Morgan fingerprint density at radius 3 is 2.47 bits per heavy atom. The Balaban J connectivity index is 1.40. The molecule has 1 aromatic carbocycles. The van der Waals surface area contributed by atoms with Gasteiger partial charge in [-0.3, -0.25) is 4.57 Å². The molecule has 1 amide bonds. The topological polar surface area (TPSA) is 147 Å². The molecule has 3 atom stereocenters. The summed E-state index contributed by atoms with van der Waals surface area (Å²) in [5, 5.41) is 18.8. The molecule has 4 rings (SSSR count). The number of aliphatic carboxylic acids is 1. The van der Waals surface area contributed by atoms with Crippen LogP contribution in [0.3, 0.4) is 0 Å². The number of pyridine rings is 1. The molecule has 0 bridgehead atoms. The number of benzene rings is 1. The third-order valence-electron chi connectivity index (χ3n) is 6.44. The minimum absolute atomic E-state index is 0.00264. The molecular weight excluding hydrogens is 488 g/mol. The van der Waals surface area contributed by atoms with Crippen molar-refractivity contribution in [2.45, 2.75) is 63.9 Å². The number of carboxylic acid groups (broad SMARTS) is 1. The van der Waals surface area contributed by atoms with Crippen LogP contribution in [0.15, 0.2) is 65.7 Å². The standard InChI is InChI=1S/C27H32N6O5/c1-18-15-33(16-22(25(34)35)31-27(37)38-17-19-9-3-2-4-10-19)26(36)32-24(18)30-21-12-6-5-11-20(21)29-23-13-7-8-14-28-23/h2-4,7-10,13-15,20-22H,5-6,11-12,16-17H2,1H3,(H,28,29)(H,31,37)(H,34,35)(H,30,32,36)/t20?,21?,22-/m0/s1. The monoisotopic (exact) mass is 520 g/mol. The van der Waals surface area contributed by atoms with Crippen molar-refractivity contribution in [1.82, 2.24) is 19.9 Å². The lowest BCUT2D eigenvalue weighted by atomic mass is 9.90. The Morgan fingerprint density at radius 1 is 1.08 bits per heavy atom. The highest BCUT2D eigenvalue weighted by molar-refractivity contribution is 5.79. The molecule has 4 N–H and O–H groups in total. The number of nitrogens with zero attached hydrogens (tertiary/aromatic N) is 3. The molecule has 0 saturated heterocycles. The zero-order valence-corrected chi connectivity index (χ0v) is 21.2. The molecule has 1 fully saturated rings. The molecule has 2 aromatic heterocycles. The van der Waals surface area contributed by atoms with Gasteiger partial charge in [0, 0.05) is 30.0 Å². The molecule has 2 unspecified atom stereocenters. The maximum atomic E-state index is 12.8. The Kier molecular flexibility index (Phi) is 8.91. The Morgan fingerprint density at radius 2 is 1.79 bits per heavy atom. The van der Waals surface area contributed by atoms with Crippen molar-refractivity contribution in [3.63, 3.8) is 0 Å². The molecule has 11 nitrogen and oxygen atoms in total. The molecule has 1 aliphatic rings. The number of amides is 1. The number of carbonyl (C=O) groups excluding carboxylic acids is 1. The summed E-state index contributed by atoms with van der Waals surface area (Å²) in [4.78, 5) is 45.3. The van der Waals surface area contributed by atoms with E-state index in [9.17, 15) is 19.5 Å². The van der Waals surface area contributed by atoms with Crippen LogP contribution >= 0.6 is 0 Å². The van der Waals surface area contributed by atoms with E-state index in [1.54, 1.807) is 31.5 Å². The Hall–Kier alpha value is -4.41. The van der Waals surface area contributed by atoms with Gasteiger partial charge in [0.1, 0.15) is 24.3 Å². The number of nitrogens with one attached hydrogen (secondary N) is 3. The first-order chi connectivity index (χ1) is 18.4. The van der Waals surface area contributed by atoms with E-state index in [2.05, 4.69) is 25.9 Å². The lowest BCUT2D eigenvalue weighted by molar-refractivity contribution is -0.139. The molecule has 0 radical (unpaired) electrons. The van der Waals surface area contributed by atoms with Gasteiger partial charge in [-0.25, -0.2) is 19.4 Å². The summed E-state index contributed by atoms with van der Waals surface area (Å²) >= 11 is 0. The third kappa shape index (κ3) is 7.31. The molecule has 0 aliphatic heterocycles. The average Bonchev–Trinajstić information content (AvgIpc) is 2.92. The van der Waals surface area contributed by atoms with Gasteiger partial charge in [0.2, 0.25) is 0 Å². The second-order valence-electron chi connectivity index (χ2n) is 9.31. The molecule has 1 saturated carbocycles. The van der Waals surface area contributed by atoms with Gasteiger partial charge in [0.05, 0.1) is 6.54 Å².